The summed E-state index contributed by atoms with van der Waals surface area (Å²) < 4.78 is 12.9. The molecule has 0 spiro atoms. The van der Waals surface area contributed by atoms with E-state index in [4.69, 9.17) is 0 Å². The Bertz CT molecular complexity index is 929. The Labute approximate surface area is 164 Å². The molecular weight excluding hydrogens is 356 g/mol. The highest BCUT2D eigenvalue weighted by Gasteiger charge is 2.10. The van der Waals surface area contributed by atoms with Gasteiger partial charge in [0.2, 0.25) is 0 Å². The number of nitrogens with zero attached hydrogens (tertiary/aromatic N) is 2. The Morgan fingerprint density at radius 2 is 1.79 bits per heavy atom. The van der Waals surface area contributed by atoms with Crippen LogP contribution in [0.25, 0.3) is 0 Å². The number of pyridine rings is 1. The average Bonchev–Trinajstić information content (AvgIpc) is 2.70. The van der Waals surface area contributed by atoms with Crippen LogP contribution >= 0.6 is 0 Å². The van der Waals surface area contributed by atoms with Gasteiger partial charge >= 0.3 is 6.92 Å². The van der Waals surface area contributed by atoms with Gasteiger partial charge < -0.3 is 15.2 Å². The summed E-state index contributed by atoms with van der Waals surface area (Å²) in [4.78, 5) is 18.6. The second kappa shape index (κ2) is 8.67. The Morgan fingerprint density at radius 3 is 2.36 bits per heavy atom. The van der Waals surface area contributed by atoms with E-state index in [0.717, 1.165) is 16.8 Å². The van der Waals surface area contributed by atoms with Crippen LogP contribution in [-0.4, -0.2) is 29.9 Å². The number of rotatable bonds is 6. The SMILES string of the molecule is CB(O)c1ccc(CN(C)c2ccc(C(=O)Nc3ccc(F)cc3)cn2)cc1. The normalized spacial score (nSPS) is 10.4. The number of anilines is 2. The third-order valence-corrected chi connectivity index (χ3v) is 4.39. The minimum absolute atomic E-state index is 0.304. The molecule has 0 radical (unpaired) electrons. The lowest BCUT2D eigenvalue weighted by Gasteiger charge is -2.18. The number of aromatic nitrogens is 1. The lowest BCUT2D eigenvalue weighted by molar-refractivity contribution is 0.102. The molecule has 3 rings (SSSR count). The minimum atomic E-state index is -0.484. The van der Waals surface area contributed by atoms with Crippen molar-refractivity contribution in [3.05, 3.63) is 83.8 Å². The highest BCUT2D eigenvalue weighted by Crippen LogP contribution is 2.15. The molecule has 0 bridgehead atoms. The van der Waals surface area contributed by atoms with Gasteiger partial charge in [-0.05, 0) is 47.4 Å². The fourth-order valence-corrected chi connectivity index (χ4v) is 2.74. The van der Waals surface area contributed by atoms with Gasteiger partial charge in [0.1, 0.15) is 11.6 Å². The van der Waals surface area contributed by atoms with E-state index in [0.29, 0.717) is 17.8 Å². The molecule has 0 aliphatic heterocycles. The molecule has 0 aliphatic rings. The molecule has 0 saturated carbocycles. The maximum absolute atomic E-state index is 12.9. The van der Waals surface area contributed by atoms with Crippen molar-refractivity contribution < 1.29 is 14.2 Å². The highest BCUT2D eigenvalue weighted by atomic mass is 19.1. The van der Waals surface area contributed by atoms with E-state index >= 15 is 0 Å². The van der Waals surface area contributed by atoms with Gasteiger partial charge in [-0.3, -0.25) is 4.79 Å². The fourth-order valence-electron chi connectivity index (χ4n) is 2.74. The summed E-state index contributed by atoms with van der Waals surface area (Å²) in [6.45, 7) is 1.90. The topological polar surface area (TPSA) is 65.5 Å². The number of carbonyl (C=O) groups is 1. The number of carbonyl (C=O) groups excluding carboxylic acids is 1. The predicted molar refractivity (Wildman–Crippen MR) is 111 cm³/mol. The summed E-state index contributed by atoms with van der Waals surface area (Å²) in [5, 5.41) is 12.3. The smallest absolute Gasteiger partial charge is 0.320 e. The van der Waals surface area contributed by atoms with Crippen LogP contribution in [0.1, 0.15) is 15.9 Å². The van der Waals surface area contributed by atoms with Crippen molar-refractivity contribution in [2.45, 2.75) is 13.4 Å². The Hall–Kier alpha value is -3.19. The molecule has 7 heteroatoms. The summed E-state index contributed by atoms with van der Waals surface area (Å²) in [6.07, 6.45) is 1.52. The first-order chi connectivity index (χ1) is 13.4. The molecule has 0 saturated heterocycles. The fraction of sp³-hybridized carbons (Fsp3) is 0.143. The van der Waals surface area contributed by atoms with Crippen LogP contribution in [0.4, 0.5) is 15.9 Å². The molecule has 0 fully saturated rings. The Balaban J connectivity index is 1.62. The maximum Gasteiger partial charge on any atom is 0.320 e. The van der Waals surface area contributed by atoms with Crippen molar-refractivity contribution in [2.75, 3.05) is 17.3 Å². The average molecular weight is 377 g/mol. The van der Waals surface area contributed by atoms with Gasteiger partial charge in [0, 0.05) is 25.5 Å². The molecule has 2 aromatic carbocycles. The van der Waals surface area contributed by atoms with Gasteiger partial charge in [-0.15, -0.1) is 0 Å². The van der Waals surface area contributed by atoms with Gasteiger partial charge in [0.15, 0.2) is 0 Å². The van der Waals surface area contributed by atoms with Crippen LogP contribution in [0.2, 0.25) is 6.82 Å². The third-order valence-electron chi connectivity index (χ3n) is 4.39. The van der Waals surface area contributed by atoms with Crippen LogP contribution in [0.5, 0.6) is 0 Å². The van der Waals surface area contributed by atoms with Crippen LogP contribution in [0.3, 0.4) is 0 Å². The van der Waals surface area contributed by atoms with Gasteiger partial charge in [0.25, 0.3) is 5.91 Å². The third kappa shape index (κ3) is 4.95. The van der Waals surface area contributed by atoms with Crippen molar-refractivity contribution in [3.63, 3.8) is 0 Å². The number of halogens is 1. The Kier molecular flexibility index (Phi) is 6.06. The second-order valence-corrected chi connectivity index (χ2v) is 6.64. The van der Waals surface area contributed by atoms with Gasteiger partial charge in [-0.1, -0.05) is 31.1 Å². The molecule has 1 amide bonds. The first-order valence-electron chi connectivity index (χ1n) is 8.93. The molecule has 28 heavy (non-hydrogen) atoms. The largest absolute Gasteiger partial charge is 0.447 e. The molecule has 5 nitrogen and oxygen atoms in total. The van der Waals surface area contributed by atoms with E-state index in [2.05, 4.69) is 10.3 Å². The van der Waals surface area contributed by atoms with E-state index in [1.54, 1.807) is 19.0 Å². The second-order valence-electron chi connectivity index (χ2n) is 6.64. The zero-order valence-corrected chi connectivity index (χ0v) is 15.8. The van der Waals surface area contributed by atoms with Gasteiger partial charge in [0.05, 0.1) is 5.56 Å². The van der Waals surface area contributed by atoms with Crippen molar-refractivity contribution in [2.24, 2.45) is 0 Å². The lowest BCUT2D eigenvalue weighted by atomic mass is 9.64. The molecule has 2 N–H and O–H groups in total. The van der Waals surface area contributed by atoms with Crippen molar-refractivity contribution in [1.29, 1.82) is 0 Å². The number of nitrogens with one attached hydrogen (secondary N) is 1. The quantitative estimate of drug-likeness (QED) is 0.649. The number of amides is 1. The summed E-state index contributed by atoms with van der Waals surface area (Å²) in [5.41, 5.74) is 2.91. The van der Waals surface area contributed by atoms with Gasteiger partial charge in [-0.2, -0.15) is 0 Å². The highest BCUT2D eigenvalue weighted by molar-refractivity contribution is 6.64. The summed E-state index contributed by atoms with van der Waals surface area (Å²) in [6, 6.07) is 16.8. The van der Waals surface area contributed by atoms with Crippen LogP contribution in [-0.2, 0) is 6.54 Å². The van der Waals surface area contributed by atoms with Crippen LogP contribution < -0.4 is 15.7 Å². The van der Waals surface area contributed by atoms with E-state index in [-0.39, 0.29) is 11.7 Å². The molecule has 1 aromatic heterocycles. The van der Waals surface area contributed by atoms with E-state index in [9.17, 15) is 14.2 Å². The molecule has 1 heterocycles. The first-order valence-corrected chi connectivity index (χ1v) is 8.93. The standard InChI is InChI=1S/C21H21BFN3O2/c1-22(28)17-6-3-15(4-7-17)14-26(2)20-12-5-16(13-24-20)21(27)25-19-10-8-18(23)9-11-19/h3-13,28H,14H2,1-2H3,(H,25,27). The van der Waals surface area contributed by atoms with Crippen LogP contribution in [0.15, 0.2) is 66.9 Å². The van der Waals surface area contributed by atoms with Crippen molar-refractivity contribution in [1.82, 2.24) is 4.98 Å². The number of benzene rings is 2. The molecular formula is C21H21BFN3O2. The zero-order valence-electron chi connectivity index (χ0n) is 15.8. The zero-order chi connectivity index (χ0) is 20.1. The summed E-state index contributed by atoms with van der Waals surface area (Å²) in [5.74, 6) is 0.0764. The molecule has 142 valence electrons. The van der Waals surface area contributed by atoms with E-state index < -0.39 is 6.92 Å². The number of hydrogen-bond acceptors (Lipinski definition) is 4. The van der Waals surface area contributed by atoms with Crippen molar-refractivity contribution in [3.8, 4) is 0 Å². The summed E-state index contributed by atoms with van der Waals surface area (Å²) >= 11 is 0. The molecule has 0 unspecified atom stereocenters. The molecule has 0 atom stereocenters. The van der Waals surface area contributed by atoms with Gasteiger partial charge in [-0.25, -0.2) is 9.37 Å². The lowest BCUT2D eigenvalue weighted by Crippen LogP contribution is -2.26. The molecule has 0 aliphatic carbocycles. The minimum Gasteiger partial charge on any atom is -0.447 e. The number of hydrogen-bond donors (Lipinski definition) is 2. The Morgan fingerprint density at radius 1 is 1.11 bits per heavy atom. The van der Waals surface area contributed by atoms with E-state index in [1.165, 1.54) is 30.5 Å². The maximum atomic E-state index is 12.9. The van der Waals surface area contributed by atoms with Crippen molar-refractivity contribution >= 4 is 29.8 Å². The molecule has 3 aromatic rings. The first kappa shape index (κ1) is 19.6. The van der Waals surface area contributed by atoms with Crippen LogP contribution in [0, 0.1) is 5.82 Å². The monoisotopic (exact) mass is 377 g/mol. The predicted octanol–water partition coefficient (Wildman–Crippen LogP) is 2.93. The summed E-state index contributed by atoms with van der Waals surface area (Å²) in [7, 11) is 1.92. The van der Waals surface area contributed by atoms with E-state index in [1.807, 2.05) is 36.2 Å².